The summed E-state index contributed by atoms with van der Waals surface area (Å²) in [6, 6.07) is 6.39. The van der Waals surface area contributed by atoms with Gasteiger partial charge in [-0.15, -0.1) is 0 Å². The van der Waals surface area contributed by atoms with Crippen LogP contribution in [0.3, 0.4) is 0 Å². The minimum atomic E-state index is -1.58. The molecule has 3 saturated heterocycles. The number of halogens is 4. The lowest BCUT2D eigenvalue weighted by Crippen LogP contribution is -2.53. The number of hydrogen-bond acceptors (Lipinski definition) is 8. The highest BCUT2D eigenvalue weighted by molar-refractivity contribution is 5.31. The first-order valence-electron chi connectivity index (χ1n) is 16.7. The molecule has 7 rings (SSSR count). The van der Waals surface area contributed by atoms with Gasteiger partial charge >= 0.3 is 0 Å². The van der Waals surface area contributed by atoms with Crippen LogP contribution in [-0.4, -0.2) is 77.9 Å². The molecular formula is C36H44F4N8O2. The normalized spacial score (nSPS) is 22.4. The van der Waals surface area contributed by atoms with E-state index in [1.54, 1.807) is 4.68 Å². The quantitative estimate of drug-likeness (QED) is 0.146. The molecule has 0 bridgehead atoms. The summed E-state index contributed by atoms with van der Waals surface area (Å²) in [6.07, 6.45) is 9.68. The zero-order valence-electron chi connectivity index (χ0n) is 28.4. The Morgan fingerprint density at radius 2 is 1.46 bits per heavy atom. The molecule has 0 amide bonds. The van der Waals surface area contributed by atoms with Crippen LogP contribution in [0.25, 0.3) is 0 Å². The summed E-state index contributed by atoms with van der Waals surface area (Å²) < 4.78 is 63.1. The second-order valence-electron chi connectivity index (χ2n) is 13.0. The molecule has 2 aromatic carbocycles. The van der Waals surface area contributed by atoms with Crippen molar-refractivity contribution in [1.82, 2.24) is 39.7 Å². The third-order valence-electron chi connectivity index (χ3n) is 9.56. The van der Waals surface area contributed by atoms with Gasteiger partial charge in [-0.05, 0) is 64.8 Å². The minimum Gasteiger partial charge on any atom is -0.381 e. The van der Waals surface area contributed by atoms with Crippen molar-refractivity contribution >= 4 is 0 Å². The second kappa shape index (κ2) is 16.2. The molecule has 2 aromatic heterocycles. The molecular weight excluding hydrogens is 652 g/mol. The standard InChI is InChI=1S/C18H22F2N4O.C12H11F2N3O.C6H11N/c1-13-5-7-23(8-6-13)14(2)18(25,10-24-12-21-11-22-24)16-4-3-15(19)9-17(16)20;1-8-12(18-8,5-17-7-15-6-16-17)10-3-2-9(13)4-11(10)14;1-6-2-4-7-5-3-6/h3-4,9,11-12,14,25H,1,5-8,10H2,2H3;2-4,6-8H,5H2,1H3;7H,1-5H2/t14-,18-;8-,12+;/m10./s1. The zero-order chi connectivity index (χ0) is 35.9. The van der Waals surface area contributed by atoms with E-state index in [1.165, 1.54) is 72.2 Å². The lowest BCUT2D eigenvalue weighted by molar-refractivity contribution is -0.0657. The third kappa shape index (κ3) is 8.91. The lowest BCUT2D eigenvalue weighted by Gasteiger charge is -2.43. The first-order chi connectivity index (χ1) is 23.9. The fourth-order valence-electron chi connectivity index (χ4n) is 6.36. The number of nitrogens with zero attached hydrogens (tertiary/aromatic N) is 7. The summed E-state index contributed by atoms with van der Waals surface area (Å²) in [4.78, 5) is 9.82. The van der Waals surface area contributed by atoms with Crippen LogP contribution in [0.4, 0.5) is 17.6 Å². The summed E-state index contributed by atoms with van der Waals surface area (Å²) in [5, 5.41) is 22.8. The summed E-state index contributed by atoms with van der Waals surface area (Å²) in [7, 11) is 0. The maximum atomic E-state index is 14.5. The molecule has 3 aliphatic rings. The van der Waals surface area contributed by atoms with Gasteiger partial charge in [0, 0.05) is 42.4 Å². The van der Waals surface area contributed by atoms with Crippen molar-refractivity contribution in [3.8, 4) is 0 Å². The van der Waals surface area contributed by atoms with Crippen LogP contribution < -0.4 is 5.32 Å². The maximum Gasteiger partial charge on any atom is 0.142 e. The van der Waals surface area contributed by atoms with Crippen LogP contribution >= 0.6 is 0 Å². The first-order valence-corrected chi connectivity index (χ1v) is 16.7. The molecule has 0 radical (unpaired) electrons. The van der Waals surface area contributed by atoms with Gasteiger partial charge in [-0.25, -0.2) is 36.9 Å². The minimum absolute atomic E-state index is 0.0220. The Hall–Kier alpha value is -4.24. The molecule has 0 unspecified atom stereocenters. The van der Waals surface area contributed by atoms with E-state index in [1.807, 2.05) is 13.8 Å². The van der Waals surface area contributed by atoms with Crippen molar-refractivity contribution in [3.63, 3.8) is 0 Å². The van der Waals surface area contributed by atoms with E-state index >= 15 is 0 Å². The number of ether oxygens (including phenoxy) is 1. The molecule has 50 heavy (non-hydrogen) atoms. The highest BCUT2D eigenvalue weighted by Crippen LogP contribution is 2.48. The van der Waals surface area contributed by atoms with E-state index in [-0.39, 0.29) is 18.2 Å². The number of benzene rings is 2. The molecule has 0 spiro atoms. The van der Waals surface area contributed by atoms with Crippen molar-refractivity contribution in [3.05, 3.63) is 120 Å². The number of likely N-dealkylation sites (tertiary alicyclic amines) is 1. The molecule has 14 heteroatoms. The lowest BCUT2D eigenvalue weighted by atomic mass is 9.84. The molecule has 2 N–H and O–H groups in total. The number of rotatable bonds is 8. The molecule has 4 atom stereocenters. The predicted octanol–water partition coefficient (Wildman–Crippen LogP) is 5.28. The first kappa shape index (κ1) is 37.0. The van der Waals surface area contributed by atoms with Crippen molar-refractivity contribution < 1.29 is 27.4 Å². The number of aliphatic hydroxyl groups is 1. The third-order valence-corrected chi connectivity index (χ3v) is 9.56. The van der Waals surface area contributed by atoms with E-state index in [0.717, 1.165) is 57.2 Å². The Labute approximate surface area is 289 Å². The van der Waals surface area contributed by atoms with Gasteiger partial charge in [-0.1, -0.05) is 36.4 Å². The smallest absolute Gasteiger partial charge is 0.142 e. The molecule has 268 valence electrons. The van der Waals surface area contributed by atoms with Crippen molar-refractivity contribution in [1.29, 1.82) is 0 Å². The van der Waals surface area contributed by atoms with E-state index in [0.29, 0.717) is 12.1 Å². The second-order valence-corrected chi connectivity index (χ2v) is 13.0. The van der Waals surface area contributed by atoms with Gasteiger partial charge in [-0.2, -0.15) is 10.2 Å². The van der Waals surface area contributed by atoms with Crippen LogP contribution in [0, 0.1) is 23.3 Å². The molecule has 4 aromatic rings. The van der Waals surface area contributed by atoms with Crippen molar-refractivity contribution in [2.24, 2.45) is 0 Å². The highest BCUT2D eigenvalue weighted by atomic mass is 19.1. The van der Waals surface area contributed by atoms with Gasteiger partial charge < -0.3 is 15.2 Å². The van der Waals surface area contributed by atoms with Gasteiger partial charge in [0.2, 0.25) is 0 Å². The van der Waals surface area contributed by atoms with Crippen LogP contribution in [0.5, 0.6) is 0 Å². The Kier molecular flexibility index (Phi) is 12.0. The van der Waals surface area contributed by atoms with E-state index in [9.17, 15) is 22.7 Å². The van der Waals surface area contributed by atoms with Gasteiger partial charge in [0.1, 0.15) is 59.8 Å². The number of hydrogen-bond donors (Lipinski definition) is 2. The maximum absolute atomic E-state index is 14.5. The summed E-state index contributed by atoms with van der Waals surface area (Å²) >= 11 is 0. The molecule has 0 saturated carbocycles. The van der Waals surface area contributed by atoms with Gasteiger partial charge in [0.05, 0.1) is 19.2 Å². The fourth-order valence-corrected chi connectivity index (χ4v) is 6.36. The SMILES string of the molecule is C=C1CCN([C@H](C)[C@](O)(Cn2cncn2)c2ccc(F)cc2F)CC1.C=C1CCNCC1.C[C@@H]1O[C@@]1(Cn1cncn1)c1ccc(F)cc1F. The predicted molar refractivity (Wildman–Crippen MR) is 180 cm³/mol. The Morgan fingerprint density at radius 3 is 1.96 bits per heavy atom. The van der Waals surface area contributed by atoms with Gasteiger partial charge in [0.15, 0.2) is 0 Å². The monoisotopic (exact) mass is 696 g/mol. The van der Waals surface area contributed by atoms with E-state index < -0.39 is 40.5 Å². The Balaban J connectivity index is 0.000000168. The van der Waals surface area contributed by atoms with E-state index in [4.69, 9.17) is 4.74 Å². The summed E-state index contributed by atoms with van der Waals surface area (Å²) in [5.74, 6) is -2.64. The summed E-state index contributed by atoms with van der Waals surface area (Å²) in [6.45, 7) is 15.7. The fraction of sp³-hybridized carbons (Fsp3) is 0.444. The average Bonchev–Trinajstić information content (AvgIpc) is 3.45. The average molecular weight is 697 g/mol. The topological polar surface area (TPSA) is 109 Å². The van der Waals surface area contributed by atoms with Crippen molar-refractivity contribution in [2.45, 2.75) is 76.0 Å². The number of nitrogens with one attached hydrogen (secondary N) is 1. The molecule has 3 aliphatic heterocycles. The number of piperidine rings is 2. The molecule has 0 aliphatic carbocycles. The van der Waals surface area contributed by atoms with Crippen LogP contribution in [0.1, 0.15) is 50.7 Å². The summed E-state index contributed by atoms with van der Waals surface area (Å²) in [5.41, 5.74) is 0.638. The number of aromatic nitrogens is 6. The Bertz CT molecular complexity index is 1720. The molecule has 10 nitrogen and oxygen atoms in total. The molecule has 3 fully saturated rings. The zero-order valence-corrected chi connectivity index (χ0v) is 28.4. The van der Waals surface area contributed by atoms with Crippen LogP contribution in [-0.2, 0) is 29.0 Å². The van der Waals surface area contributed by atoms with Gasteiger partial charge in [0.25, 0.3) is 0 Å². The highest BCUT2D eigenvalue weighted by Gasteiger charge is 2.56. The van der Waals surface area contributed by atoms with Gasteiger partial charge in [-0.3, -0.25) is 4.90 Å². The van der Waals surface area contributed by atoms with E-state index in [2.05, 4.69) is 43.5 Å². The van der Waals surface area contributed by atoms with Crippen molar-refractivity contribution in [2.75, 3.05) is 26.2 Å². The van der Waals surface area contributed by atoms with Crippen LogP contribution in [0.15, 0.2) is 86.0 Å². The largest absolute Gasteiger partial charge is 0.381 e. The van der Waals surface area contributed by atoms with Crippen LogP contribution in [0.2, 0.25) is 0 Å². The molecule has 5 heterocycles. The number of epoxide rings is 1. The Morgan fingerprint density at radius 1 is 0.900 bits per heavy atom.